The SMILES string of the molecule is c1ccc(Nc2nc(CN3CCS[C@H]4COCC[C@H]43)cs2)cc1. The topological polar surface area (TPSA) is 37.4 Å². The van der Waals surface area contributed by atoms with E-state index < -0.39 is 0 Å². The van der Waals surface area contributed by atoms with Gasteiger partial charge in [-0.05, 0) is 18.6 Å². The van der Waals surface area contributed by atoms with Crippen LogP contribution in [0, 0.1) is 0 Å². The minimum Gasteiger partial charge on any atom is -0.380 e. The second kappa shape index (κ2) is 7.21. The zero-order valence-corrected chi connectivity index (χ0v) is 14.6. The molecule has 2 aliphatic rings. The largest absolute Gasteiger partial charge is 0.380 e. The molecule has 0 amide bonds. The molecular formula is C17H21N3OS2. The van der Waals surface area contributed by atoms with Gasteiger partial charge in [0.1, 0.15) is 0 Å². The molecule has 0 spiro atoms. The first-order chi connectivity index (χ1) is 11.4. The highest BCUT2D eigenvalue weighted by atomic mass is 32.2. The number of nitrogens with zero attached hydrogens (tertiary/aromatic N) is 2. The molecular weight excluding hydrogens is 326 g/mol. The Bertz CT molecular complexity index is 632. The summed E-state index contributed by atoms with van der Waals surface area (Å²) in [6, 6.07) is 10.9. The van der Waals surface area contributed by atoms with Crippen molar-refractivity contribution in [1.82, 2.24) is 9.88 Å². The number of thiazole rings is 1. The first-order valence-electron chi connectivity index (χ1n) is 8.08. The number of anilines is 2. The van der Waals surface area contributed by atoms with Crippen molar-refractivity contribution >= 4 is 33.9 Å². The quantitative estimate of drug-likeness (QED) is 0.915. The van der Waals surface area contributed by atoms with Crippen LogP contribution >= 0.6 is 23.1 Å². The zero-order chi connectivity index (χ0) is 15.5. The van der Waals surface area contributed by atoms with Crippen LogP contribution in [-0.4, -0.2) is 46.7 Å². The van der Waals surface area contributed by atoms with Gasteiger partial charge >= 0.3 is 0 Å². The van der Waals surface area contributed by atoms with Crippen molar-refractivity contribution in [3.8, 4) is 0 Å². The number of aromatic nitrogens is 1. The van der Waals surface area contributed by atoms with E-state index in [1.807, 2.05) is 18.2 Å². The Balaban J connectivity index is 1.41. The Morgan fingerprint density at radius 2 is 2.22 bits per heavy atom. The summed E-state index contributed by atoms with van der Waals surface area (Å²) in [4.78, 5) is 7.37. The predicted molar refractivity (Wildman–Crippen MR) is 97.7 cm³/mol. The summed E-state index contributed by atoms with van der Waals surface area (Å²) >= 11 is 3.76. The molecule has 2 atom stereocenters. The lowest BCUT2D eigenvalue weighted by atomic mass is 10.1. The van der Waals surface area contributed by atoms with Crippen LogP contribution in [0.15, 0.2) is 35.7 Å². The van der Waals surface area contributed by atoms with Gasteiger partial charge in [-0.25, -0.2) is 4.98 Å². The molecule has 2 fully saturated rings. The minimum atomic E-state index is 0.637. The Morgan fingerprint density at radius 1 is 1.30 bits per heavy atom. The molecule has 0 unspecified atom stereocenters. The van der Waals surface area contributed by atoms with Crippen LogP contribution in [0.1, 0.15) is 12.1 Å². The molecule has 2 aromatic rings. The van der Waals surface area contributed by atoms with Gasteiger partial charge in [0.25, 0.3) is 0 Å². The van der Waals surface area contributed by atoms with Gasteiger partial charge in [-0.3, -0.25) is 4.90 Å². The molecule has 1 N–H and O–H groups in total. The lowest BCUT2D eigenvalue weighted by molar-refractivity contribution is 0.0348. The van der Waals surface area contributed by atoms with Crippen molar-refractivity contribution in [2.45, 2.75) is 24.3 Å². The molecule has 0 aliphatic carbocycles. The van der Waals surface area contributed by atoms with Gasteiger partial charge in [-0.1, -0.05) is 18.2 Å². The molecule has 0 saturated carbocycles. The van der Waals surface area contributed by atoms with Crippen molar-refractivity contribution in [2.24, 2.45) is 0 Å². The Kier molecular flexibility index (Phi) is 4.85. The second-order valence-electron chi connectivity index (χ2n) is 5.95. The molecule has 0 bridgehead atoms. The summed E-state index contributed by atoms with van der Waals surface area (Å²) in [5, 5.41) is 7.17. The fourth-order valence-electron chi connectivity index (χ4n) is 3.25. The van der Waals surface area contributed by atoms with E-state index in [1.165, 1.54) is 11.4 Å². The summed E-state index contributed by atoms with van der Waals surface area (Å²) in [6.07, 6.45) is 1.15. The first kappa shape index (κ1) is 15.4. The summed E-state index contributed by atoms with van der Waals surface area (Å²) in [5.41, 5.74) is 2.26. The maximum Gasteiger partial charge on any atom is 0.187 e. The molecule has 0 radical (unpaired) electrons. The van der Waals surface area contributed by atoms with Crippen LogP contribution in [0.2, 0.25) is 0 Å². The highest BCUT2D eigenvalue weighted by Gasteiger charge is 2.34. The summed E-state index contributed by atoms with van der Waals surface area (Å²) in [6.45, 7) is 3.92. The fraction of sp³-hybridized carbons (Fsp3) is 0.471. The zero-order valence-electron chi connectivity index (χ0n) is 13.0. The van der Waals surface area contributed by atoms with Gasteiger partial charge < -0.3 is 10.1 Å². The summed E-state index contributed by atoms with van der Waals surface area (Å²) in [7, 11) is 0. The fourth-order valence-corrected chi connectivity index (χ4v) is 5.34. The van der Waals surface area contributed by atoms with Gasteiger partial charge in [0, 0.05) is 47.8 Å². The lowest BCUT2D eigenvalue weighted by Crippen LogP contribution is -2.51. The van der Waals surface area contributed by atoms with Crippen LogP contribution in [0.5, 0.6) is 0 Å². The third kappa shape index (κ3) is 3.71. The highest BCUT2D eigenvalue weighted by molar-refractivity contribution is 8.00. The van der Waals surface area contributed by atoms with Gasteiger partial charge in [0.15, 0.2) is 5.13 Å². The number of benzene rings is 1. The third-order valence-electron chi connectivity index (χ3n) is 4.39. The molecule has 1 aromatic heterocycles. The third-order valence-corrected chi connectivity index (χ3v) is 6.49. The average molecular weight is 348 g/mol. The van der Waals surface area contributed by atoms with E-state index in [0.29, 0.717) is 11.3 Å². The van der Waals surface area contributed by atoms with Gasteiger partial charge in [-0.15, -0.1) is 11.3 Å². The number of rotatable bonds is 4. The molecule has 1 aromatic carbocycles. The average Bonchev–Trinajstić information content (AvgIpc) is 3.03. The van der Waals surface area contributed by atoms with Crippen molar-refractivity contribution < 1.29 is 4.74 Å². The van der Waals surface area contributed by atoms with Crippen molar-refractivity contribution in [3.63, 3.8) is 0 Å². The second-order valence-corrected chi connectivity index (χ2v) is 8.15. The van der Waals surface area contributed by atoms with Crippen molar-refractivity contribution in [1.29, 1.82) is 0 Å². The number of nitrogens with one attached hydrogen (secondary N) is 1. The number of para-hydroxylation sites is 1. The van der Waals surface area contributed by atoms with E-state index in [4.69, 9.17) is 9.72 Å². The minimum absolute atomic E-state index is 0.637. The van der Waals surface area contributed by atoms with Crippen LogP contribution in [0.4, 0.5) is 10.8 Å². The lowest BCUT2D eigenvalue weighted by Gasteiger charge is -2.43. The van der Waals surface area contributed by atoms with E-state index >= 15 is 0 Å². The molecule has 2 aliphatic heterocycles. The number of fused-ring (bicyclic) bond motifs is 1. The monoisotopic (exact) mass is 347 g/mol. The number of ether oxygens (including phenoxy) is 1. The van der Waals surface area contributed by atoms with E-state index in [9.17, 15) is 0 Å². The van der Waals surface area contributed by atoms with Crippen molar-refractivity contribution in [2.75, 3.05) is 30.8 Å². The molecule has 3 heterocycles. The Hall–Kier alpha value is -1.08. The Labute approximate surface area is 145 Å². The van der Waals surface area contributed by atoms with Gasteiger partial charge in [0.05, 0.1) is 12.3 Å². The summed E-state index contributed by atoms with van der Waals surface area (Å²) < 4.78 is 5.64. The van der Waals surface area contributed by atoms with Crippen LogP contribution in [0.3, 0.4) is 0 Å². The molecule has 23 heavy (non-hydrogen) atoms. The standard InChI is InChI=1S/C17H21N3OS2/c1-2-4-13(5-3-1)18-17-19-14(12-23-17)10-20-7-9-22-16-11-21-8-6-15(16)20/h1-5,12,15-16H,6-11H2,(H,18,19)/t15-,16+/m1/s1. The van der Waals surface area contributed by atoms with Gasteiger partial charge in [0.2, 0.25) is 0 Å². The number of hydrogen-bond donors (Lipinski definition) is 1. The normalized spacial score (nSPS) is 25.0. The van der Waals surface area contributed by atoms with E-state index in [-0.39, 0.29) is 0 Å². The highest BCUT2D eigenvalue weighted by Crippen LogP contribution is 2.31. The molecule has 122 valence electrons. The van der Waals surface area contributed by atoms with E-state index in [2.05, 4.69) is 39.5 Å². The maximum atomic E-state index is 5.64. The number of thioether (sulfide) groups is 1. The van der Waals surface area contributed by atoms with Crippen LogP contribution in [-0.2, 0) is 11.3 Å². The molecule has 6 heteroatoms. The Morgan fingerprint density at radius 3 is 3.13 bits per heavy atom. The van der Waals surface area contributed by atoms with E-state index in [1.54, 1.807) is 11.3 Å². The molecule has 2 saturated heterocycles. The number of hydrogen-bond acceptors (Lipinski definition) is 6. The smallest absolute Gasteiger partial charge is 0.187 e. The maximum absolute atomic E-state index is 5.64. The van der Waals surface area contributed by atoms with E-state index in [0.717, 1.165) is 43.5 Å². The molecule has 4 nitrogen and oxygen atoms in total. The van der Waals surface area contributed by atoms with Crippen molar-refractivity contribution in [3.05, 3.63) is 41.4 Å². The first-order valence-corrected chi connectivity index (χ1v) is 10.0. The van der Waals surface area contributed by atoms with Gasteiger partial charge in [-0.2, -0.15) is 11.8 Å². The van der Waals surface area contributed by atoms with Crippen LogP contribution in [0.25, 0.3) is 0 Å². The predicted octanol–water partition coefficient (Wildman–Crippen LogP) is 3.59. The summed E-state index contributed by atoms with van der Waals surface area (Å²) in [5.74, 6) is 1.20. The molecule has 4 rings (SSSR count). The van der Waals surface area contributed by atoms with Crippen LogP contribution < -0.4 is 5.32 Å².